The molecule has 2 aromatic heterocycles. The number of nitro groups is 1. The van der Waals surface area contributed by atoms with Gasteiger partial charge in [0.15, 0.2) is 11.2 Å². The molecule has 1 aromatic carbocycles. The fourth-order valence-corrected chi connectivity index (χ4v) is 2.60. The van der Waals surface area contributed by atoms with Gasteiger partial charge in [-0.3, -0.25) is 28.8 Å². The third-order valence-corrected chi connectivity index (χ3v) is 4.02. The molecule has 3 rings (SSSR count). The number of nitrogens with one attached hydrogen (secondary N) is 1. The molecule has 0 radical (unpaired) electrons. The molecule has 1 N–H and O–H groups in total. The van der Waals surface area contributed by atoms with E-state index in [1.165, 1.54) is 54.0 Å². The lowest BCUT2D eigenvalue weighted by atomic mass is 10.2. The number of amides is 1. The van der Waals surface area contributed by atoms with E-state index in [9.17, 15) is 24.5 Å². The predicted octanol–water partition coefficient (Wildman–Crippen LogP) is -0.508. The van der Waals surface area contributed by atoms with Gasteiger partial charge in [0.2, 0.25) is 0 Å². The van der Waals surface area contributed by atoms with Crippen LogP contribution in [0.2, 0.25) is 0 Å². The SMILES string of the molecule is Cn1c(=O)c2c(ncn2CC(=O)N/N=C\c2cccc([N+](=O)[O-])c2)n(C)c1=O. The number of nitrogens with zero attached hydrogens (tertiary/aromatic N) is 6. The highest BCUT2D eigenvalue weighted by atomic mass is 16.6. The summed E-state index contributed by atoms with van der Waals surface area (Å²) < 4.78 is 3.46. The van der Waals surface area contributed by atoms with Crippen LogP contribution in [0.15, 0.2) is 45.3 Å². The number of hydrogen-bond acceptors (Lipinski definition) is 7. The Morgan fingerprint density at radius 2 is 2.07 bits per heavy atom. The molecular weight excluding hydrogens is 370 g/mol. The minimum Gasteiger partial charge on any atom is -0.315 e. The Balaban J connectivity index is 1.77. The number of hydrogen-bond donors (Lipinski definition) is 1. The number of benzene rings is 1. The van der Waals surface area contributed by atoms with E-state index >= 15 is 0 Å². The molecule has 0 aliphatic rings. The van der Waals surface area contributed by atoms with E-state index in [2.05, 4.69) is 15.5 Å². The summed E-state index contributed by atoms with van der Waals surface area (Å²) in [5.74, 6) is -0.545. The number of hydrazone groups is 1. The summed E-state index contributed by atoms with van der Waals surface area (Å²) >= 11 is 0. The summed E-state index contributed by atoms with van der Waals surface area (Å²) in [5, 5.41) is 14.5. The van der Waals surface area contributed by atoms with Crippen LogP contribution in [-0.2, 0) is 25.4 Å². The fourth-order valence-electron chi connectivity index (χ4n) is 2.60. The van der Waals surface area contributed by atoms with E-state index in [0.29, 0.717) is 5.56 Å². The smallest absolute Gasteiger partial charge is 0.315 e. The Hall–Kier alpha value is -4.09. The maximum absolute atomic E-state index is 12.3. The van der Waals surface area contributed by atoms with Crippen molar-refractivity contribution in [2.75, 3.05) is 0 Å². The molecule has 1 amide bonds. The lowest BCUT2D eigenvalue weighted by molar-refractivity contribution is -0.384. The van der Waals surface area contributed by atoms with Crippen molar-refractivity contribution in [2.45, 2.75) is 6.54 Å². The number of aromatic nitrogens is 4. The Morgan fingerprint density at radius 3 is 2.79 bits per heavy atom. The molecule has 2 heterocycles. The zero-order valence-corrected chi connectivity index (χ0v) is 14.9. The van der Waals surface area contributed by atoms with Crippen molar-refractivity contribution in [2.24, 2.45) is 19.2 Å². The van der Waals surface area contributed by atoms with Crippen molar-refractivity contribution < 1.29 is 9.72 Å². The molecule has 144 valence electrons. The van der Waals surface area contributed by atoms with E-state index in [1.54, 1.807) is 6.07 Å². The van der Waals surface area contributed by atoms with E-state index < -0.39 is 22.1 Å². The number of imidazole rings is 1. The highest BCUT2D eigenvalue weighted by molar-refractivity contribution is 5.83. The third kappa shape index (κ3) is 3.42. The first-order valence-electron chi connectivity index (χ1n) is 7.97. The molecule has 0 atom stereocenters. The van der Waals surface area contributed by atoms with Crippen LogP contribution in [0.3, 0.4) is 0 Å². The van der Waals surface area contributed by atoms with E-state index in [-0.39, 0.29) is 23.4 Å². The molecule has 28 heavy (non-hydrogen) atoms. The van der Waals surface area contributed by atoms with Crippen LogP contribution >= 0.6 is 0 Å². The second-order valence-corrected chi connectivity index (χ2v) is 5.90. The highest BCUT2D eigenvalue weighted by Crippen LogP contribution is 2.11. The maximum Gasteiger partial charge on any atom is 0.332 e. The molecule has 12 nitrogen and oxygen atoms in total. The number of non-ortho nitro benzene ring substituents is 1. The van der Waals surface area contributed by atoms with Gasteiger partial charge in [0.25, 0.3) is 17.2 Å². The van der Waals surface area contributed by atoms with Crippen LogP contribution in [0, 0.1) is 10.1 Å². The zero-order valence-electron chi connectivity index (χ0n) is 14.9. The number of carbonyl (C=O) groups is 1. The lowest BCUT2D eigenvalue weighted by Crippen LogP contribution is -2.38. The summed E-state index contributed by atoms with van der Waals surface area (Å²) in [4.78, 5) is 50.6. The van der Waals surface area contributed by atoms with Gasteiger partial charge in [-0.25, -0.2) is 15.2 Å². The summed E-state index contributed by atoms with van der Waals surface area (Å²) in [7, 11) is 2.82. The van der Waals surface area contributed by atoms with Crippen LogP contribution in [0.4, 0.5) is 5.69 Å². The molecule has 12 heteroatoms. The second kappa shape index (κ2) is 7.26. The molecule has 0 fully saturated rings. The van der Waals surface area contributed by atoms with Crippen LogP contribution in [0.25, 0.3) is 11.2 Å². The standard InChI is InChI=1S/C16H15N7O5/c1-20-14-13(15(25)21(2)16(20)26)22(9-17-14)8-12(24)19-18-7-10-4-3-5-11(6-10)23(27)28/h3-7,9H,8H2,1-2H3,(H,19,24)/b18-7-. The molecule has 0 spiro atoms. The van der Waals surface area contributed by atoms with E-state index in [4.69, 9.17) is 0 Å². The quantitative estimate of drug-likeness (QED) is 0.356. The Labute approximate surface area is 156 Å². The first-order valence-corrected chi connectivity index (χ1v) is 7.97. The predicted molar refractivity (Wildman–Crippen MR) is 99.0 cm³/mol. The Kier molecular flexibility index (Phi) is 4.85. The van der Waals surface area contributed by atoms with Crippen molar-refractivity contribution in [1.29, 1.82) is 0 Å². The monoisotopic (exact) mass is 385 g/mol. The number of rotatable bonds is 5. The summed E-state index contributed by atoms with van der Waals surface area (Å²) in [6.45, 7) is -0.254. The van der Waals surface area contributed by atoms with Gasteiger partial charge in [-0.1, -0.05) is 12.1 Å². The Morgan fingerprint density at radius 1 is 1.32 bits per heavy atom. The van der Waals surface area contributed by atoms with Gasteiger partial charge in [-0.15, -0.1) is 0 Å². The topological polar surface area (TPSA) is 146 Å². The highest BCUT2D eigenvalue weighted by Gasteiger charge is 2.15. The van der Waals surface area contributed by atoms with Crippen LogP contribution in [-0.4, -0.2) is 35.7 Å². The maximum atomic E-state index is 12.3. The van der Waals surface area contributed by atoms with Gasteiger partial charge in [0, 0.05) is 31.8 Å². The van der Waals surface area contributed by atoms with E-state index in [0.717, 1.165) is 4.57 Å². The normalized spacial score (nSPS) is 11.2. The molecular formula is C16H15N7O5. The van der Waals surface area contributed by atoms with Crippen molar-refractivity contribution in [3.05, 3.63) is 67.1 Å². The summed E-state index contributed by atoms with van der Waals surface area (Å²) in [6.07, 6.45) is 2.55. The first kappa shape index (κ1) is 18.7. The number of nitro benzene ring substituents is 1. The van der Waals surface area contributed by atoms with Gasteiger partial charge in [0.05, 0.1) is 17.5 Å². The van der Waals surface area contributed by atoms with Gasteiger partial charge in [-0.05, 0) is 0 Å². The average molecular weight is 385 g/mol. The van der Waals surface area contributed by atoms with Crippen LogP contribution in [0.5, 0.6) is 0 Å². The van der Waals surface area contributed by atoms with Gasteiger partial charge in [0.1, 0.15) is 6.54 Å². The van der Waals surface area contributed by atoms with Crippen molar-refractivity contribution >= 4 is 29.0 Å². The average Bonchev–Trinajstić information content (AvgIpc) is 3.08. The summed E-state index contributed by atoms with van der Waals surface area (Å²) in [6, 6.07) is 5.74. The van der Waals surface area contributed by atoms with Crippen LogP contribution in [0.1, 0.15) is 5.56 Å². The van der Waals surface area contributed by atoms with Gasteiger partial charge >= 0.3 is 5.69 Å². The molecule has 0 aliphatic carbocycles. The molecule has 3 aromatic rings. The number of carbonyl (C=O) groups excluding carboxylic acids is 1. The number of fused-ring (bicyclic) bond motifs is 1. The van der Waals surface area contributed by atoms with Crippen molar-refractivity contribution in [1.82, 2.24) is 24.1 Å². The van der Waals surface area contributed by atoms with Crippen molar-refractivity contribution in [3.63, 3.8) is 0 Å². The first-order chi connectivity index (χ1) is 13.3. The molecule has 0 bridgehead atoms. The van der Waals surface area contributed by atoms with Gasteiger partial charge in [-0.2, -0.15) is 5.10 Å². The van der Waals surface area contributed by atoms with Crippen molar-refractivity contribution in [3.8, 4) is 0 Å². The third-order valence-electron chi connectivity index (χ3n) is 4.02. The Bertz CT molecular complexity index is 1230. The minimum atomic E-state index is -0.566. The van der Waals surface area contributed by atoms with E-state index in [1.807, 2.05) is 0 Å². The molecule has 0 saturated heterocycles. The summed E-state index contributed by atoms with van der Waals surface area (Å²) in [5.41, 5.74) is 1.81. The fraction of sp³-hybridized carbons (Fsp3) is 0.188. The van der Waals surface area contributed by atoms with Crippen LogP contribution < -0.4 is 16.7 Å². The second-order valence-electron chi connectivity index (χ2n) is 5.90. The zero-order chi connectivity index (χ0) is 20.4. The minimum absolute atomic E-state index is 0.0957. The molecule has 0 aliphatic heterocycles. The lowest BCUT2D eigenvalue weighted by Gasteiger charge is -2.05. The largest absolute Gasteiger partial charge is 0.332 e. The molecule has 0 saturated carbocycles. The van der Waals surface area contributed by atoms with Gasteiger partial charge < -0.3 is 4.57 Å². The molecule has 0 unspecified atom stereocenters. The number of aryl methyl sites for hydroxylation is 1.